The van der Waals surface area contributed by atoms with Crippen molar-refractivity contribution in [2.75, 3.05) is 5.32 Å². The molecule has 4 aromatic rings. The predicted octanol–water partition coefficient (Wildman–Crippen LogP) is 2.93. The normalized spacial score (nSPS) is 10.7. The standard InChI is InChI=1S/C20H16N4O3/c25-19-3-1-2-11-23(19)13-17-8-9-18(27-17)20(26)22-15-4-6-16(7-5-15)24-12-10-21-14-24/h1-12,14H,13H2,(H,22,26). The quantitative estimate of drug-likeness (QED) is 0.593. The topological polar surface area (TPSA) is 82.1 Å². The van der Waals surface area contributed by atoms with E-state index >= 15 is 0 Å². The summed E-state index contributed by atoms with van der Waals surface area (Å²) in [6.45, 7) is 0.270. The van der Waals surface area contributed by atoms with E-state index in [1.807, 2.05) is 22.9 Å². The average Bonchev–Trinajstić information content (AvgIpc) is 3.36. The van der Waals surface area contributed by atoms with Gasteiger partial charge in [0.2, 0.25) is 0 Å². The SMILES string of the molecule is O=C(Nc1ccc(-n2ccnc2)cc1)c1ccc(Cn2ccccc2=O)o1. The molecule has 1 N–H and O–H groups in total. The molecule has 0 fully saturated rings. The van der Waals surface area contributed by atoms with Gasteiger partial charge in [0.05, 0.1) is 12.9 Å². The first-order chi connectivity index (χ1) is 13.2. The van der Waals surface area contributed by atoms with Gasteiger partial charge in [-0.1, -0.05) is 6.07 Å². The molecule has 4 rings (SSSR count). The largest absolute Gasteiger partial charge is 0.454 e. The number of imidazole rings is 1. The van der Waals surface area contributed by atoms with E-state index < -0.39 is 0 Å². The number of furan rings is 1. The summed E-state index contributed by atoms with van der Waals surface area (Å²) in [6.07, 6.45) is 6.92. The van der Waals surface area contributed by atoms with Gasteiger partial charge in [0.25, 0.3) is 11.5 Å². The molecule has 0 aliphatic rings. The number of nitrogens with zero attached hydrogens (tertiary/aromatic N) is 3. The smallest absolute Gasteiger partial charge is 0.291 e. The van der Waals surface area contributed by atoms with Crippen LogP contribution in [0.2, 0.25) is 0 Å². The first kappa shape index (κ1) is 16.6. The second kappa shape index (κ2) is 7.17. The van der Waals surface area contributed by atoms with Crippen LogP contribution in [0.5, 0.6) is 0 Å². The first-order valence-corrected chi connectivity index (χ1v) is 8.33. The Balaban J connectivity index is 1.44. The summed E-state index contributed by atoms with van der Waals surface area (Å²) in [6, 6.07) is 15.6. The zero-order valence-corrected chi connectivity index (χ0v) is 14.3. The number of nitrogens with one attached hydrogen (secondary N) is 1. The molecule has 134 valence electrons. The van der Waals surface area contributed by atoms with Crippen LogP contribution in [-0.2, 0) is 6.54 Å². The highest BCUT2D eigenvalue weighted by Crippen LogP contribution is 2.15. The zero-order chi connectivity index (χ0) is 18.6. The zero-order valence-electron chi connectivity index (χ0n) is 14.3. The molecule has 0 saturated carbocycles. The fourth-order valence-corrected chi connectivity index (χ4v) is 2.67. The summed E-state index contributed by atoms with van der Waals surface area (Å²) in [7, 11) is 0. The maximum absolute atomic E-state index is 12.4. The molecule has 0 radical (unpaired) electrons. The Bertz CT molecular complexity index is 1110. The lowest BCUT2D eigenvalue weighted by Gasteiger charge is -2.06. The Morgan fingerprint density at radius 2 is 1.89 bits per heavy atom. The molecule has 0 unspecified atom stereocenters. The molecule has 1 aromatic carbocycles. The average molecular weight is 360 g/mol. The van der Waals surface area contributed by atoms with Gasteiger partial charge in [0.15, 0.2) is 5.76 Å². The number of carbonyl (C=O) groups is 1. The lowest BCUT2D eigenvalue weighted by molar-refractivity contribution is 0.0994. The Kier molecular flexibility index (Phi) is 4.40. The Morgan fingerprint density at radius 1 is 1.04 bits per heavy atom. The first-order valence-electron chi connectivity index (χ1n) is 8.33. The number of benzene rings is 1. The third-order valence-electron chi connectivity index (χ3n) is 4.04. The van der Waals surface area contributed by atoms with Crippen molar-refractivity contribution in [3.63, 3.8) is 0 Å². The van der Waals surface area contributed by atoms with Crippen LogP contribution in [0.25, 0.3) is 5.69 Å². The van der Waals surface area contributed by atoms with Gasteiger partial charge in [-0.15, -0.1) is 0 Å². The summed E-state index contributed by atoms with van der Waals surface area (Å²) in [4.78, 5) is 28.1. The highest BCUT2D eigenvalue weighted by atomic mass is 16.4. The minimum atomic E-state index is -0.350. The number of anilines is 1. The number of rotatable bonds is 5. The van der Waals surface area contributed by atoms with E-state index in [1.54, 1.807) is 55.1 Å². The molecule has 0 spiro atoms. The number of pyridine rings is 1. The predicted molar refractivity (Wildman–Crippen MR) is 100 cm³/mol. The van der Waals surface area contributed by atoms with Crippen molar-refractivity contribution < 1.29 is 9.21 Å². The van der Waals surface area contributed by atoms with Gasteiger partial charge in [-0.2, -0.15) is 0 Å². The van der Waals surface area contributed by atoms with Gasteiger partial charge in [0.1, 0.15) is 5.76 Å². The van der Waals surface area contributed by atoms with Crippen molar-refractivity contribution in [3.8, 4) is 5.69 Å². The van der Waals surface area contributed by atoms with E-state index in [-0.39, 0.29) is 23.8 Å². The minimum Gasteiger partial charge on any atom is -0.454 e. The van der Waals surface area contributed by atoms with Crippen molar-refractivity contribution >= 4 is 11.6 Å². The Morgan fingerprint density at radius 3 is 2.63 bits per heavy atom. The maximum Gasteiger partial charge on any atom is 0.291 e. The van der Waals surface area contributed by atoms with E-state index in [4.69, 9.17) is 4.42 Å². The summed E-state index contributed by atoms with van der Waals surface area (Å²) in [5, 5.41) is 2.79. The summed E-state index contributed by atoms with van der Waals surface area (Å²) in [5.41, 5.74) is 1.47. The molecule has 0 atom stereocenters. The molecule has 7 nitrogen and oxygen atoms in total. The number of hydrogen-bond donors (Lipinski definition) is 1. The number of aromatic nitrogens is 3. The molecule has 0 aliphatic heterocycles. The van der Waals surface area contributed by atoms with Crippen LogP contribution in [0.15, 0.2) is 88.7 Å². The van der Waals surface area contributed by atoms with Crippen molar-refractivity contribution in [3.05, 3.63) is 101 Å². The van der Waals surface area contributed by atoms with Crippen LogP contribution >= 0.6 is 0 Å². The van der Waals surface area contributed by atoms with Crippen molar-refractivity contribution in [1.29, 1.82) is 0 Å². The number of hydrogen-bond acceptors (Lipinski definition) is 4. The lowest BCUT2D eigenvalue weighted by Crippen LogP contribution is -2.18. The van der Waals surface area contributed by atoms with E-state index in [1.165, 1.54) is 10.6 Å². The van der Waals surface area contributed by atoms with Gasteiger partial charge >= 0.3 is 0 Å². The molecule has 27 heavy (non-hydrogen) atoms. The van der Waals surface area contributed by atoms with E-state index in [0.29, 0.717) is 11.4 Å². The summed E-state index contributed by atoms with van der Waals surface area (Å²) in [5.74, 6) is 0.369. The number of carbonyl (C=O) groups excluding carboxylic acids is 1. The van der Waals surface area contributed by atoms with Crippen LogP contribution < -0.4 is 10.9 Å². The van der Waals surface area contributed by atoms with Crippen molar-refractivity contribution in [1.82, 2.24) is 14.1 Å². The maximum atomic E-state index is 12.4. The van der Waals surface area contributed by atoms with Crippen LogP contribution in [0, 0.1) is 0 Å². The Labute approximate surface area is 154 Å². The third-order valence-corrected chi connectivity index (χ3v) is 4.04. The molecule has 0 aliphatic carbocycles. The van der Waals surface area contributed by atoms with E-state index in [0.717, 1.165) is 5.69 Å². The third kappa shape index (κ3) is 3.72. The molecular weight excluding hydrogens is 344 g/mol. The van der Waals surface area contributed by atoms with Crippen LogP contribution in [-0.4, -0.2) is 20.0 Å². The van der Waals surface area contributed by atoms with Crippen molar-refractivity contribution in [2.24, 2.45) is 0 Å². The molecule has 1 amide bonds. The number of amides is 1. The summed E-state index contributed by atoms with van der Waals surface area (Å²) < 4.78 is 8.96. The van der Waals surface area contributed by atoms with Gasteiger partial charge in [-0.3, -0.25) is 9.59 Å². The summed E-state index contributed by atoms with van der Waals surface area (Å²) >= 11 is 0. The molecular formula is C20H16N4O3. The molecule has 0 saturated heterocycles. The second-order valence-electron chi connectivity index (χ2n) is 5.90. The van der Waals surface area contributed by atoms with Gasteiger partial charge in [-0.25, -0.2) is 4.98 Å². The lowest BCUT2D eigenvalue weighted by atomic mass is 10.2. The van der Waals surface area contributed by atoms with Crippen LogP contribution in [0.1, 0.15) is 16.3 Å². The van der Waals surface area contributed by atoms with Gasteiger partial charge in [0, 0.05) is 36.0 Å². The van der Waals surface area contributed by atoms with Gasteiger partial charge in [-0.05, 0) is 42.5 Å². The van der Waals surface area contributed by atoms with E-state index in [2.05, 4.69) is 10.3 Å². The van der Waals surface area contributed by atoms with Crippen LogP contribution in [0.3, 0.4) is 0 Å². The molecule has 7 heteroatoms. The fraction of sp³-hybridized carbons (Fsp3) is 0.0500. The molecule has 3 heterocycles. The highest BCUT2D eigenvalue weighted by molar-refractivity contribution is 6.02. The van der Waals surface area contributed by atoms with Crippen LogP contribution in [0.4, 0.5) is 5.69 Å². The molecule has 0 bridgehead atoms. The fourth-order valence-electron chi connectivity index (χ4n) is 2.67. The van der Waals surface area contributed by atoms with E-state index in [9.17, 15) is 9.59 Å². The van der Waals surface area contributed by atoms with Gasteiger partial charge < -0.3 is 18.9 Å². The Hall–Kier alpha value is -3.87. The monoisotopic (exact) mass is 360 g/mol. The molecule has 3 aromatic heterocycles. The minimum absolute atomic E-state index is 0.127. The van der Waals surface area contributed by atoms with Crippen molar-refractivity contribution in [2.45, 2.75) is 6.54 Å². The second-order valence-corrected chi connectivity index (χ2v) is 5.90. The highest BCUT2D eigenvalue weighted by Gasteiger charge is 2.12.